The highest BCUT2D eigenvalue weighted by Crippen LogP contribution is 2.19. The zero-order valence-corrected chi connectivity index (χ0v) is 8.34. The summed E-state index contributed by atoms with van der Waals surface area (Å²) in [5, 5.41) is 12.5. The molecule has 0 aromatic heterocycles. The lowest BCUT2D eigenvalue weighted by atomic mass is 9.89. The van der Waals surface area contributed by atoms with Gasteiger partial charge < -0.3 is 10.4 Å². The molecule has 0 aromatic rings. The first-order valence-electron chi connectivity index (χ1n) is 5.35. The van der Waals surface area contributed by atoms with Crippen molar-refractivity contribution in [3.8, 4) is 0 Å². The molecule has 0 atom stereocenters. The molecule has 0 heterocycles. The molecule has 0 aliphatic heterocycles. The number of hydrogen-bond donors (Lipinski definition) is 2. The molecule has 76 valence electrons. The van der Waals surface area contributed by atoms with Crippen molar-refractivity contribution in [3.63, 3.8) is 0 Å². The summed E-state index contributed by atoms with van der Waals surface area (Å²) in [5.41, 5.74) is 0. The van der Waals surface area contributed by atoms with Gasteiger partial charge in [0, 0.05) is 6.04 Å². The predicted molar refractivity (Wildman–Crippen MR) is 55.7 cm³/mol. The van der Waals surface area contributed by atoms with Crippen LogP contribution in [0.25, 0.3) is 0 Å². The third kappa shape index (κ3) is 4.44. The monoisotopic (exact) mass is 183 g/mol. The van der Waals surface area contributed by atoms with Crippen molar-refractivity contribution in [2.24, 2.45) is 0 Å². The number of unbranched alkanes of at least 4 members (excludes halogenated alkanes) is 3. The average Bonchev–Trinajstić information content (AvgIpc) is 2.07. The van der Waals surface area contributed by atoms with Crippen molar-refractivity contribution in [2.75, 3.05) is 6.54 Å². The van der Waals surface area contributed by atoms with Gasteiger partial charge in [-0.05, 0) is 38.6 Å². The number of hydrogen-bond acceptors (Lipinski definition) is 2. The molecule has 1 rings (SSSR count). The number of rotatable bonds is 7. The second-order valence-electron chi connectivity index (χ2n) is 3.91. The van der Waals surface area contributed by atoms with Crippen molar-refractivity contribution in [1.29, 1.82) is 0 Å². The van der Waals surface area contributed by atoms with Gasteiger partial charge >= 0.3 is 0 Å². The number of aliphatic hydroxyl groups is 1. The van der Waals surface area contributed by atoms with E-state index in [4.69, 9.17) is 5.11 Å². The summed E-state index contributed by atoms with van der Waals surface area (Å²) in [7, 11) is 0. The van der Waals surface area contributed by atoms with Gasteiger partial charge in [0.1, 0.15) is 0 Å². The first-order valence-corrected chi connectivity index (χ1v) is 5.35. The normalized spacial score (nSPS) is 26.8. The molecular weight excluding hydrogens is 162 g/mol. The molecule has 0 unspecified atom stereocenters. The van der Waals surface area contributed by atoms with Crippen LogP contribution in [0.15, 0.2) is 12.7 Å². The van der Waals surface area contributed by atoms with Gasteiger partial charge in [-0.25, -0.2) is 0 Å². The van der Waals surface area contributed by atoms with Gasteiger partial charge in [0.2, 0.25) is 0 Å². The Kier molecular flexibility index (Phi) is 5.09. The summed E-state index contributed by atoms with van der Waals surface area (Å²) in [4.78, 5) is 0. The zero-order valence-electron chi connectivity index (χ0n) is 8.34. The number of nitrogens with one attached hydrogen (secondary N) is 1. The van der Waals surface area contributed by atoms with Crippen LogP contribution in [0, 0.1) is 0 Å². The Hall–Kier alpha value is -0.340. The fraction of sp³-hybridized carbons (Fsp3) is 0.818. The summed E-state index contributed by atoms with van der Waals surface area (Å²) in [6.45, 7) is 4.80. The second kappa shape index (κ2) is 6.17. The average molecular weight is 183 g/mol. The Morgan fingerprint density at radius 2 is 2.08 bits per heavy atom. The van der Waals surface area contributed by atoms with Crippen LogP contribution >= 0.6 is 0 Å². The zero-order chi connectivity index (χ0) is 9.52. The van der Waals surface area contributed by atoms with Crippen LogP contribution in [0.5, 0.6) is 0 Å². The van der Waals surface area contributed by atoms with E-state index in [1.807, 2.05) is 6.08 Å². The van der Waals surface area contributed by atoms with Crippen molar-refractivity contribution in [3.05, 3.63) is 12.7 Å². The minimum Gasteiger partial charge on any atom is -0.393 e. The van der Waals surface area contributed by atoms with Gasteiger partial charge in [-0.15, -0.1) is 6.58 Å². The lowest BCUT2D eigenvalue weighted by Gasteiger charge is -2.32. The van der Waals surface area contributed by atoms with Gasteiger partial charge in [0.05, 0.1) is 6.10 Å². The van der Waals surface area contributed by atoms with Crippen molar-refractivity contribution in [1.82, 2.24) is 5.32 Å². The van der Waals surface area contributed by atoms with Gasteiger partial charge in [-0.2, -0.15) is 0 Å². The largest absolute Gasteiger partial charge is 0.393 e. The minimum absolute atomic E-state index is 0.0294. The Balaban J connectivity index is 1.77. The van der Waals surface area contributed by atoms with E-state index in [0.29, 0.717) is 6.04 Å². The van der Waals surface area contributed by atoms with E-state index in [-0.39, 0.29) is 6.10 Å². The van der Waals surface area contributed by atoms with Crippen LogP contribution in [-0.2, 0) is 0 Å². The van der Waals surface area contributed by atoms with Crippen molar-refractivity contribution < 1.29 is 5.11 Å². The predicted octanol–water partition coefficient (Wildman–Crippen LogP) is 1.85. The van der Waals surface area contributed by atoms with E-state index in [2.05, 4.69) is 11.9 Å². The number of aliphatic hydroxyl groups excluding tert-OH is 1. The Morgan fingerprint density at radius 1 is 1.31 bits per heavy atom. The molecule has 13 heavy (non-hydrogen) atoms. The van der Waals surface area contributed by atoms with Crippen LogP contribution in [0.3, 0.4) is 0 Å². The molecule has 0 radical (unpaired) electrons. The highest BCUT2D eigenvalue weighted by molar-refractivity contribution is 4.84. The Morgan fingerprint density at radius 3 is 2.69 bits per heavy atom. The number of allylic oxidation sites excluding steroid dienone is 1. The molecule has 2 heteroatoms. The third-order valence-corrected chi connectivity index (χ3v) is 2.63. The Bertz CT molecular complexity index is 141. The maximum atomic E-state index is 9.04. The standard InChI is InChI=1S/C11H21NO/c1-2-3-4-5-6-7-12-10-8-11(13)9-10/h2,10-13H,1,3-9H2. The fourth-order valence-corrected chi connectivity index (χ4v) is 1.65. The van der Waals surface area contributed by atoms with E-state index >= 15 is 0 Å². The first-order chi connectivity index (χ1) is 6.33. The molecule has 0 aromatic carbocycles. The van der Waals surface area contributed by atoms with Crippen LogP contribution in [-0.4, -0.2) is 23.8 Å². The highest BCUT2D eigenvalue weighted by atomic mass is 16.3. The summed E-state index contributed by atoms with van der Waals surface area (Å²) in [6.07, 6.45) is 8.79. The molecule has 1 aliphatic carbocycles. The lowest BCUT2D eigenvalue weighted by molar-refractivity contribution is 0.0626. The maximum Gasteiger partial charge on any atom is 0.0570 e. The lowest BCUT2D eigenvalue weighted by Crippen LogP contribution is -2.44. The fourth-order valence-electron chi connectivity index (χ4n) is 1.65. The smallest absolute Gasteiger partial charge is 0.0570 e. The summed E-state index contributed by atoms with van der Waals surface area (Å²) in [6, 6.07) is 0.592. The molecule has 2 N–H and O–H groups in total. The molecule has 1 aliphatic rings. The topological polar surface area (TPSA) is 32.3 Å². The van der Waals surface area contributed by atoms with E-state index < -0.39 is 0 Å². The minimum atomic E-state index is -0.0294. The van der Waals surface area contributed by atoms with Gasteiger partial charge in [0.15, 0.2) is 0 Å². The van der Waals surface area contributed by atoms with Gasteiger partial charge in [0.25, 0.3) is 0 Å². The summed E-state index contributed by atoms with van der Waals surface area (Å²) < 4.78 is 0. The third-order valence-electron chi connectivity index (χ3n) is 2.63. The van der Waals surface area contributed by atoms with Gasteiger partial charge in [-0.3, -0.25) is 0 Å². The van der Waals surface area contributed by atoms with E-state index in [0.717, 1.165) is 25.8 Å². The van der Waals surface area contributed by atoms with Crippen molar-refractivity contribution >= 4 is 0 Å². The van der Waals surface area contributed by atoms with Gasteiger partial charge in [-0.1, -0.05) is 12.5 Å². The molecule has 1 saturated carbocycles. The van der Waals surface area contributed by atoms with Crippen LogP contribution < -0.4 is 5.32 Å². The second-order valence-corrected chi connectivity index (χ2v) is 3.91. The molecule has 1 fully saturated rings. The molecular formula is C11H21NO. The Labute approximate surface area is 81.0 Å². The summed E-state index contributed by atoms with van der Waals surface area (Å²) >= 11 is 0. The highest BCUT2D eigenvalue weighted by Gasteiger charge is 2.25. The molecule has 0 saturated heterocycles. The molecule has 2 nitrogen and oxygen atoms in total. The molecule has 0 spiro atoms. The maximum absolute atomic E-state index is 9.04. The summed E-state index contributed by atoms with van der Waals surface area (Å²) in [5.74, 6) is 0. The van der Waals surface area contributed by atoms with E-state index in [9.17, 15) is 0 Å². The van der Waals surface area contributed by atoms with Crippen LogP contribution in [0.2, 0.25) is 0 Å². The van der Waals surface area contributed by atoms with E-state index in [1.54, 1.807) is 0 Å². The molecule has 0 bridgehead atoms. The SMILES string of the molecule is C=CCCCCCNC1CC(O)C1. The molecule has 0 amide bonds. The quantitative estimate of drug-likeness (QED) is 0.466. The van der Waals surface area contributed by atoms with Crippen LogP contribution in [0.4, 0.5) is 0 Å². The van der Waals surface area contributed by atoms with Crippen LogP contribution in [0.1, 0.15) is 38.5 Å². The van der Waals surface area contributed by atoms with E-state index in [1.165, 1.54) is 19.3 Å². The first kappa shape index (κ1) is 10.7. The van der Waals surface area contributed by atoms with Crippen molar-refractivity contribution in [2.45, 2.75) is 50.7 Å².